The highest BCUT2D eigenvalue weighted by atomic mass is 16.6. The van der Waals surface area contributed by atoms with Crippen molar-refractivity contribution in [3.63, 3.8) is 0 Å². The number of carbonyl (C=O) groups excluding carboxylic acids is 7. The Morgan fingerprint density at radius 1 is 0.705 bits per heavy atom. The highest BCUT2D eigenvalue weighted by Crippen LogP contribution is 2.12. The molecule has 20 nitrogen and oxygen atoms in total. The monoisotopic (exact) mass is 862 g/mol. The standard InChI is InChI=1S/C41H62N6O14/c1-30(2)39(40(53)43-26-37(51)46-33-13-11-32(12-14-33)27-60-41(54)44-25-36(50)45-29-61-31(3)48)47-35(49)15-17-55-19-21-57-23-24-58-22-20-56-18-16-42-38(52)28-59-34-9-7-5-4-6-8-10-34/h11-14,30,34,39H,4-7,9,15-29H2,1-3H3,(H,42,52)(H,43,53)(H,44,54)(H,45,50)(H,46,51)(H,47,49). The van der Waals surface area contributed by atoms with Gasteiger partial charge >= 0.3 is 12.1 Å². The Balaban J connectivity index is 1.46. The minimum atomic E-state index is -0.872. The van der Waals surface area contributed by atoms with Gasteiger partial charge in [-0.3, -0.25) is 28.8 Å². The van der Waals surface area contributed by atoms with Crippen LogP contribution in [0.15, 0.2) is 24.3 Å². The average Bonchev–Trinajstić information content (AvgIpc) is 3.21. The van der Waals surface area contributed by atoms with Crippen LogP contribution in [-0.2, 0) is 68.5 Å². The van der Waals surface area contributed by atoms with Crippen molar-refractivity contribution in [2.45, 2.75) is 78.0 Å². The largest absolute Gasteiger partial charge is 0.445 e. The summed E-state index contributed by atoms with van der Waals surface area (Å²) < 4.78 is 37.1. The number of esters is 1. The molecule has 0 saturated heterocycles. The maximum absolute atomic E-state index is 12.8. The number of amides is 6. The van der Waals surface area contributed by atoms with Crippen LogP contribution in [0.5, 0.6) is 0 Å². The number of hydrogen-bond donors (Lipinski definition) is 6. The molecule has 0 fully saturated rings. The molecule has 61 heavy (non-hydrogen) atoms. The molecule has 0 radical (unpaired) electrons. The van der Waals surface area contributed by atoms with Gasteiger partial charge in [-0.2, -0.15) is 0 Å². The molecule has 2 atom stereocenters. The number of nitrogens with one attached hydrogen (secondary N) is 6. The maximum atomic E-state index is 12.8. The van der Waals surface area contributed by atoms with Crippen molar-refractivity contribution < 1.29 is 66.7 Å². The van der Waals surface area contributed by atoms with Crippen LogP contribution in [0.1, 0.15) is 64.9 Å². The molecule has 340 valence electrons. The van der Waals surface area contributed by atoms with Gasteiger partial charge in [0.15, 0.2) is 6.73 Å². The third kappa shape index (κ3) is 27.2. The summed E-state index contributed by atoms with van der Waals surface area (Å²) in [7, 11) is 0. The second kappa shape index (κ2) is 32.4. The average molecular weight is 863 g/mol. The summed E-state index contributed by atoms with van der Waals surface area (Å²) in [5, 5.41) is 15.2. The van der Waals surface area contributed by atoms with Crippen LogP contribution in [-0.4, -0.2) is 140 Å². The normalized spacial score (nSPS) is 13.9. The van der Waals surface area contributed by atoms with Gasteiger partial charge in [0.1, 0.15) is 31.9 Å². The first kappa shape index (κ1) is 51.8. The second-order valence-electron chi connectivity index (χ2n) is 13.8. The summed E-state index contributed by atoms with van der Waals surface area (Å²) in [5.74, 6) is 3.18. The minimum Gasteiger partial charge on any atom is -0.445 e. The molecule has 6 amide bonds. The predicted octanol–water partition coefficient (Wildman–Crippen LogP) is 0.671. The SMILES string of the molecule is CC(=O)OCNC(=O)CNC(=O)OCc1ccc(NC(=O)CNC(=O)C(NC(=O)CCOCCOCCOCCOCCNC(=O)COC2C#CCCCCC2)C(C)C)cc1. The van der Waals surface area contributed by atoms with Crippen molar-refractivity contribution in [2.24, 2.45) is 5.92 Å². The van der Waals surface area contributed by atoms with Crippen LogP contribution in [0.4, 0.5) is 10.5 Å². The summed E-state index contributed by atoms with van der Waals surface area (Å²) in [4.78, 5) is 84.0. The molecule has 0 spiro atoms. The lowest BCUT2D eigenvalue weighted by Gasteiger charge is -2.21. The molecule has 0 saturated carbocycles. The Hall–Kier alpha value is -5.33. The quantitative estimate of drug-likeness (QED) is 0.0269. The Kier molecular flexibility index (Phi) is 27.6. The van der Waals surface area contributed by atoms with Crippen LogP contribution >= 0.6 is 0 Å². The van der Waals surface area contributed by atoms with Crippen molar-refractivity contribution in [1.82, 2.24) is 26.6 Å². The Morgan fingerprint density at radius 3 is 2.03 bits per heavy atom. The van der Waals surface area contributed by atoms with E-state index in [1.54, 1.807) is 38.1 Å². The lowest BCUT2D eigenvalue weighted by molar-refractivity contribution is -0.142. The van der Waals surface area contributed by atoms with E-state index in [1.807, 2.05) is 0 Å². The zero-order chi connectivity index (χ0) is 44.5. The molecular weight excluding hydrogens is 800 g/mol. The van der Waals surface area contributed by atoms with Gasteiger partial charge in [-0.15, -0.1) is 5.92 Å². The number of ether oxygens (including phenoxy) is 7. The van der Waals surface area contributed by atoms with Crippen LogP contribution < -0.4 is 31.9 Å². The van der Waals surface area contributed by atoms with Crippen molar-refractivity contribution in [2.75, 3.05) is 91.1 Å². The number of anilines is 1. The molecule has 0 aliphatic heterocycles. The first-order chi connectivity index (χ1) is 29.4. The fourth-order valence-corrected chi connectivity index (χ4v) is 5.10. The van der Waals surface area contributed by atoms with E-state index < -0.39 is 35.8 Å². The molecule has 1 aromatic rings. The van der Waals surface area contributed by atoms with Crippen molar-refractivity contribution in [3.05, 3.63) is 29.8 Å². The Labute approximate surface area is 356 Å². The highest BCUT2D eigenvalue weighted by Gasteiger charge is 2.24. The van der Waals surface area contributed by atoms with Crippen molar-refractivity contribution in [1.29, 1.82) is 0 Å². The number of benzene rings is 1. The third-order valence-electron chi connectivity index (χ3n) is 8.34. The molecule has 0 aromatic heterocycles. The molecule has 1 aliphatic rings. The number of alkyl carbamates (subject to hydrolysis) is 1. The van der Waals surface area contributed by atoms with Crippen LogP contribution in [0.3, 0.4) is 0 Å². The smallest absolute Gasteiger partial charge is 0.407 e. The molecule has 1 aliphatic carbocycles. The van der Waals surface area contributed by atoms with E-state index >= 15 is 0 Å². The summed E-state index contributed by atoms with van der Waals surface area (Å²) >= 11 is 0. The molecule has 20 heteroatoms. The number of carbonyl (C=O) groups is 7. The van der Waals surface area contributed by atoms with E-state index in [4.69, 9.17) is 28.4 Å². The van der Waals surface area contributed by atoms with E-state index in [0.717, 1.165) is 32.1 Å². The molecular formula is C41H62N6O14. The van der Waals surface area contributed by atoms with Gasteiger partial charge in [-0.25, -0.2) is 4.79 Å². The minimum absolute atomic E-state index is 0.0169. The van der Waals surface area contributed by atoms with E-state index in [0.29, 0.717) is 57.4 Å². The zero-order valence-electron chi connectivity index (χ0n) is 35.4. The first-order valence-electron chi connectivity index (χ1n) is 20.4. The Morgan fingerprint density at radius 2 is 1.36 bits per heavy atom. The Bertz CT molecular complexity index is 1570. The summed E-state index contributed by atoms with van der Waals surface area (Å²) in [6.45, 7) is 6.47. The fourth-order valence-electron chi connectivity index (χ4n) is 5.10. The first-order valence-corrected chi connectivity index (χ1v) is 20.4. The van der Waals surface area contributed by atoms with Crippen LogP contribution in [0, 0.1) is 17.8 Å². The number of rotatable bonds is 30. The van der Waals surface area contributed by atoms with Crippen LogP contribution in [0.25, 0.3) is 0 Å². The molecule has 2 unspecified atom stereocenters. The number of hydrogen-bond acceptors (Lipinski definition) is 14. The lowest BCUT2D eigenvalue weighted by Crippen LogP contribution is -2.51. The summed E-state index contributed by atoms with van der Waals surface area (Å²) in [6.07, 6.45) is 4.05. The van der Waals surface area contributed by atoms with E-state index in [9.17, 15) is 33.6 Å². The second-order valence-corrected chi connectivity index (χ2v) is 13.8. The van der Waals surface area contributed by atoms with E-state index in [1.165, 1.54) is 6.92 Å². The molecule has 2 rings (SSSR count). The van der Waals surface area contributed by atoms with Gasteiger partial charge in [0.25, 0.3) is 0 Å². The van der Waals surface area contributed by atoms with Crippen LogP contribution in [0.2, 0.25) is 0 Å². The van der Waals surface area contributed by atoms with Gasteiger partial charge in [0, 0.05) is 32.0 Å². The summed E-state index contributed by atoms with van der Waals surface area (Å²) in [6, 6.07) is 5.52. The topological polar surface area (TPSA) is 256 Å². The van der Waals surface area contributed by atoms with E-state index in [-0.39, 0.29) is 76.5 Å². The predicted molar refractivity (Wildman–Crippen MR) is 219 cm³/mol. The van der Waals surface area contributed by atoms with Gasteiger partial charge in [0.05, 0.1) is 59.4 Å². The molecule has 6 N–H and O–H groups in total. The zero-order valence-corrected chi connectivity index (χ0v) is 35.4. The summed E-state index contributed by atoms with van der Waals surface area (Å²) in [5.41, 5.74) is 1.03. The maximum Gasteiger partial charge on any atom is 0.407 e. The van der Waals surface area contributed by atoms with Gasteiger partial charge < -0.3 is 65.1 Å². The van der Waals surface area contributed by atoms with Gasteiger partial charge in [-0.1, -0.05) is 38.3 Å². The lowest BCUT2D eigenvalue weighted by atomic mass is 10.0. The molecule has 1 aromatic carbocycles. The molecule has 0 heterocycles. The van der Waals surface area contributed by atoms with Crippen molar-refractivity contribution >= 4 is 47.3 Å². The molecule has 0 bridgehead atoms. The third-order valence-corrected chi connectivity index (χ3v) is 8.34. The highest BCUT2D eigenvalue weighted by molar-refractivity contribution is 5.96. The van der Waals surface area contributed by atoms with E-state index in [2.05, 4.69) is 48.5 Å². The van der Waals surface area contributed by atoms with Gasteiger partial charge in [-0.05, 0) is 42.9 Å². The fraction of sp³-hybridized carbons (Fsp3) is 0.634. The van der Waals surface area contributed by atoms with Gasteiger partial charge in [0.2, 0.25) is 29.5 Å². The van der Waals surface area contributed by atoms with Crippen molar-refractivity contribution in [3.8, 4) is 11.8 Å².